The zero-order valence-electron chi connectivity index (χ0n) is 18.2. The van der Waals surface area contributed by atoms with Crippen molar-refractivity contribution in [2.24, 2.45) is 0 Å². The lowest BCUT2D eigenvalue weighted by Crippen LogP contribution is -2.14. The Kier molecular flexibility index (Phi) is 4.71. The largest absolute Gasteiger partial charge is 0.508 e. The maximum Gasteiger partial charge on any atom is 0.228 e. The van der Waals surface area contributed by atoms with E-state index in [1.807, 2.05) is 42.5 Å². The van der Waals surface area contributed by atoms with Crippen LogP contribution >= 0.6 is 23.1 Å². The molecule has 1 aliphatic rings. The van der Waals surface area contributed by atoms with Crippen molar-refractivity contribution in [3.8, 4) is 17.4 Å². The molecule has 6 aromatic rings. The van der Waals surface area contributed by atoms with Gasteiger partial charge in [0.05, 0.1) is 21.5 Å². The molecule has 3 aromatic carbocycles. The van der Waals surface area contributed by atoms with Gasteiger partial charge in [0.25, 0.3) is 0 Å². The Labute approximate surface area is 208 Å². The molecule has 0 radical (unpaired) electrons. The normalized spacial score (nSPS) is 14.6. The van der Waals surface area contributed by atoms with Crippen LogP contribution in [0.15, 0.2) is 83.5 Å². The number of aromatic nitrogens is 5. The van der Waals surface area contributed by atoms with E-state index in [9.17, 15) is 5.11 Å². The third-order valence-electron chi connectivity index (χ3n) is 5.97. The van der Waals surface area contributed by atoms with Crippen LogP contribution < -0.4 is 4.74 Å². The van der Waals surface area contributed by atoms with Crippen LogP contribution in [0.4, 0.5) is 0 Å². The number of rotatable bonds is 4. The number of aromatic hydroxyl groups is 1. The van der Waals surface area contributed by atoms with Gasteiger partial charge in [0.2, 0.25) is 5.88 Å². The van der Waals surface area contributed by atoms with Crippen LogP contribution in [0, 0.1) is 0 Å². The quantitative estimate of drug-likeness (QED) is 0.299. The van der Waals surface area contributed by atoms with Crippen molar-refractivity contribution in [3.63, 3.8) is 0 Å². The van der Waals surface area contributed by atoms with Crippen molar-refractivity contribution in [1.29, 1.82) is 0 Å². The molecule has 0 bridgehead atoms. The van der Waals surface area contributed by atoms with Gasteiger partial charge >= 0.3 is 0 Å². The van der Waals surface area contributed by atoms with E-state index in [2.05, 4.69) is 23.2 Å². The second-order valence-electron chi connectivity index (χ2n) is 8.16. The van der Waals surface area contributed by atoms with Crippen LogP contribution in [0.3, 0.4) is 0 Å². The standard InChI is InChI=1S/C26H17N5O2S2/c32-16-10-11-17-19(12-16)33-25-23(22(17)15-6-2-1-3-7-15)24-29-21(30-31(24)14-27-25)13-34-26-28-18-8-4-5-9-20(18)35-26/h1-12,14,22,32H,13H2/t22-/m0/s1. The summed E-state index contributed by atoms with van der Waals surface area (Å²) in [6.45, 7) is 0. The number of phenols is 1. The predicted molar refractivity (Wildman–Crippen MR) is 136 cm³/mol. The molecule has 0 saturated carbocycles. The number of para-hydroxylation sites is 1. The van der Waals surface area contributed by atoms with Crippen LogP contribution in [-0.2, 0) is 5.75 Å². The molecule has 1 atom stereocenters. The van der Waals surface area contributed by atoms with E-state index in [-0.39, 0.29) is 11.7 Å². The minimum atomic E-state index is -0.152. The summed E-state index contributed by atoms with van der Waals surface area (Å²) < 4.78 is 10.0. The van der Waals surface area contributed by atoms with Crippen molar-refractivity contribution < 1.29 is 9.84 Å². The summed E-state index contributed by atoms with van der Waals surface area (Å²) in [5.41, 5.74) is 4.62. The molecule has 9 heteroatoms. The average molecular weight is 496 g/mol. The van der Waals surface area contributed by atoms with Crippen molar-refractivity contribution in [2.75, 3.05) is 0 Å². The highest BCUT2D eigenvalue weighted by Gasteiger charge is 2.33. The molecule has 170 valence electrons. The molecule has 35 heavy (non-hydrogen) atoms. The molecular weight excluding hydrogens is 478 g/mol. The number of phenolic OH excluding ortho intramolecular Hbond substituents is 1. The lowest BCUT2D eigenvalue weighted by molar-refractivity contribution is 0.422. The van der Waals surface area contributed by atoms with Crippen molar-refractivity contribution >= 4 is 39.0 Å². The topological polar surface area (TPSA) is 85.4 Å². The minimum Gasteiger partial charge on any atom is -0.508 e. The molecule has 0 amide bonds. The fourth-order valence-electron chi connectivity index (χ4n) is 4.44. The molecule has 0 unspecified atom stereocenters. The van der Waals surface area contributed by atoms with Crippen LogP contribution in [0.5, 0.6) is 17.4 Å². The first kappa shape index (κ1) is 20.4. The van der Waals surface area contributed by atoms with E-state index in [0.717, 1.165) is 26.5 Å². The Morgan fingerprint density at radius 2 is 1.86 bits per heavy atom. The third-order valence-corrected chi connectivity index (χ3v) is 8.14. The molecule has 1 N–H and O–H groups in total. The van der Waals surface area contributed by atoms with E-state index >= 15 is 0 Å². The number of hydrogen-bond acceptors (Lipinski definition) is 8. The molecule has 1 aliphatic heterocycles. The number of thioether (sulfide) groups is 1. The van der Waals surface area contributed by atoms with E-state index < -0.39 is 0 Å². The number of hydrogen-bond donors (Lipinski definition) is 1. The van der Waals surface area contributed by atoms with E-state index in [4.69, 9.17) is 19.8 Å². The number of ether oxygens (including phenoxy) is 1. The Bertz CT molecular complexity index is 1680. The fraction of sp³-hybridized carbons (Fsp3) is 0.0769. The summed E-state index contributed by atoms with van der Waals surface area (Å²) >= 11 is 3.30. The highest BCUT2D eigenvalue weighted by molar-refractivity contribution is 8.00. The maximum absolute atomic E-state index is 10.0. The number of thiazole rings is 1. The van der Waals surface area contributed by atoms with Crippen LogP contribution in [0.1, 0.15) is 28.4 Å². The number of fused-ring (bicyclic) bond motifs is 5. The van der Waals surface area contributed by atoms with Gasteiger partial charge in [-0.2, -0.15) is 0 Å². The fourth-order valence-corrected chi connectivity index (χ4v) is 6.36. The first-order valence-corrected chi connectivity index (χ1v) is 12.8. The summed E-state index contributed by atoms with van der Waals surface area (Å²) in [6.07, 6.45) is 1.63. The molecule has 0 fully saturated rings. The lowest BCUT2D eigenvalue weighted by Gasteiger charge is -2.27. The van der Waals surface area contributed by atoms with Gasteiger partial charge in [0, 0.05) is 17.5 Å². The Hall–Kier alpha value is -3.95. The second-order valence-corrected chi connectivity index (χ2v) is 10.4. The Morgan fingerprint density at radius 1 is 1.00 bits per heavy atom. The Balaban J connectivity index is 1.30. The summed E-state index contributed by atoms with van der Waals surface area (Å²) in [4.78, 5) is 14.2. The summed E-state index contributed by atoms with van der Waals surface area (Å²) in [5, 5.41) is 14.7. The van der Waals surface area contributed by atoms with Gasteiger partial charge in [0.15, 0.2) is 15.8 Å². The molecule has 0 saturated heterocycles. The maximum atomic E-state index is 10.0. The average Bonchev–Trinajstić information content (AvgIpc) is 3.50. The second kappa shape index (κ2) is 8.07. The molecule has 4 heterocycles. The molecule has 0 aliphatic carbocycles. The molecule has 7 nitrogen and oxygen atoms in total. The Morgan fingerprint density at radius 3 is 2.74 bits per heavy atom. The number of nitrogens with zero attached hydrogens (tertiary/aromatic N) is 5. The van der Waals surface area contributed by atoms with Gasteiger partial charge in [0.1, 0.15) is 17.8 Å². The van der Waals surface area contributed by atoms with Gasteiger partial charge in [-0.25, -0.2) is 19.5 Å². The monoisotopic (exact) mass is 495 g/mol. The van der Waals surface area contributed by atoms with Gasteiger partial charge in [-0.3, -0.25) is 0 Å². The molecule has 0 spiro atoms. The lowest BCUT2D eigenvalue weighted by atomic mass is 9.84. The summed E-state index contributed by atoms with van der Waals surface area (Å²) in [7, 11) is 0. The van der Waals surface area contributed by atoms with E-state index in [0.29, 0.717) is 28.9 Å². The highest BCUT2D eigenvalue weighted by Crippen LogP contribution is 2.48. The first-order chi connectivity index (χ1) is 17.2. The van der Waals surface area contributed by atoms with Gasteiger partial charge in [-0.1, -0.05) is 60.3 Å². The summed E-state index contributed by atoms with van der Waals surface area (Å²) in [5.74, 6) is 2.36. The molecular formula is C26H17N5O2S2. The zero-order chi connectivity index (χ0) is 23.4. The van der Waals surface area contributed by atoms with Crippen molar-refractivity contribution in [1.82, 2.24) is 24.6 Å². The third kappa shape index (κ3) is 3.51. The highest BCUT2D eigenvalue weighted by atomic mass is 32.2. The smallest absolute Gasteiger partial charge is 0.228 e. The van der Waals surface area contributed by atoms with E-state index in [1.165, 1.54) is 4.70 Å². The first-order valence-electron chi connectivity index (χ1n) is 11.0. The predicted octanol–water partition coefficient (Wildman–Crippen LogP) is 6.02. The van der Waals surface area contributed by atoms with E-state index in [1.54, 1.807) is 46.1 Å². The molecule has 7 rings (SSSR count). The SMILES string of the molecule is Oc1ccc2c(c1)Oc1ncn3nc(CSc4nc5ccccc5s4)nc3c1[C@H]2c1ccccc1. The minimum absolute atomic E-state index is 0.150. The van der Waals surface area contributed by atoms with Gasteiger partial charge in [-0.05, 0) is 23.8 Å². The van der Waals surface area contributed by atoms with Crippen molar-refractivity contribution in [2.45, 2.75) is 16.0 Å². The van der Waals surface area contributed by atoms with Crippen LogP contribution in [0.2, 0.25) is 0 Å². The van der Waals surface area contributed by atoms with Crippen LogP contribution in [-0.4, -0.2) is 29.7 Å². The van der Waals surface area contributed by atoms with Crippen LogP contribution in [0.25, 0.3) is 15.9 Å². The zero-order valence-corrected chi connectivity index (χ0v) is 19.8. The summed E-state index contributed by atoms with van der Waals surface area (Å²) in [6, 6.07) is 23.5. The van der Waals surface area contributed by atoms with Crippen molar-refractivity contribution in [3.05, 3.63) is 102 Å². The molecule has 3 aromatic heterocycles. The van der Waals surface area contributed by atoms with Gasteiger partial charge < -0.3 is 9.84 Å². The van der Waals surface area contributed by atoms with Gasteiger partial charge in [-0.15, -0.1) is 16.4 Å². The number of benzene rings is 3.